The van der Waals surface area contributed by atoms with Crippen LogP contribution in [-0.2, 0) is 6.18 Å². The van der Waals surface area contributed by atoms with Gasteiger partial charge in [0.05, 0.1) is 0 Å². The number of carboxylic acids is 1. The summed E-state index contributed by atoms with van der Waals surface area (Å²) in [6, 6.07) is 1.59. The number of alkyl halides is 3. The third-order valence-electron chi connectivity index (χ3n) is 3.47. The highest BCUT2D eigenvalue weighted by molar-refractivity contribution is 7.99. The number of carboxylic acid groups (broad SMARTS) is 1. The van der Waals surface area contributed by atoms with Gasteiger partial charge in [0.15, 0.2) is 0 Å². The molecule has 1 fully saturated rings. The molecule has 8 heteroatoms. The van der Waals surface area contributed by atoms with Gasteiger partial charge in [-0.1, -0.05) is 0 Å². The molecule has 2 N–H and O–H groups in total. The lowest BCUT2D eigenvalue weighted by Gasteiger charge is -2.17. The molecule has 2 atom stereocenters. The van der Waals surface area contributed by atoms with Crippen molar-refractivity contribution in [3.8, 4) is 0 Å². The Balaban J connectivity index is 2.25. The maximum Gasteiger partial charge on any atom is 0.433 e. The summed E-state index contributed by atoms with van der Waals surface area (Å²) in [5.41, 5.74) is -1.33. The Morgan fingerprint density at radius 1 is 1.43 bits per heavy atom. The molecule has 2 unspecified atom stereocenters. The predicted octanol–water partition coefficient (Wildman–Crippen LogP) is 3.49. The minimum absolute atomic E-state index is 0.0449. The fourth-order valence-corrected chi connectivity index (χ4v) is 3.17. The second-order valence-corrected chi connectivity index (χ2v) is 6.05. The van der Waals surface area contributed by atoms with Crippen molar-refractivity contribution in [2.45, 2.75) is 36.7 Å². The highest BCUT2D eigenvalue weighted by Crippen LogP contribution is 2.33. The third-order valence-corrected chi connectivity index (χ3v) is 4.57. The number of rotatable bonds is 4. The number of carbonyl (C=O) groups is 1. The average Bonchev–Trinajstić information content (AvgIpc) is 2.85. The minimum atomic E-state index is -4.59. The number of thioether (sulfide) groups is 1. The van der Waals surface area contributed by atoms with Gasteiger partial charge in [-0.05, 0) is 37.7 Å². The standard InChI is InChI=1S/C13H15F3N2O2S/c1-21-8-3-2-7(6-8)17-11-9(12(19)20)4-5-10(18-11)13(14,15)16/h4-5,7-8H,2-3,6H2,1H3,(H,17,18)(H,19,20). The molecule has 0 spiro atoms. The Hall–Kier alpha value is -1.44. The third kappa shape index (κ3) is 3.81. The molecule has 116 valence electrons. The minimum Gasteiger partial charge on any atom is -0.478 e. The summed E-state index contributed by atoms with van der Waals surface area (Å²) in [5, 5.41) is 12.4. The summed E-state index contributed by atoms with van der Waals surface area (Å²) < 4.78 is 38.1. The molecule has 2 rings (SSSR count). The fraction of sp³-hybridized carbons (Fsp3) is 0.538. The molecule has 0 aromatic carbocycles. The zero-order valence-corrected chi connectivity index (χ0v) is 12.1. The van der Waals surface area contributed by atoms with E-state index in [-0.39, 0.29) is 17.4 Å². The number of aromatic carboxylic acids is 1. The number of nitrogens with one attached hydrogen (secondary N) is 1. The average molecular weight is 320 g/mol. The zero-order valence-electron chi connectivity index (χ0n) is 11.3. The molecule has 1 saturated carbocycles. The van der Waals surface area contributed by atoms with Crippen LogP contribution in [-0.4, -0.2) is 33.6 Å². The molecule has 1 aromatic rings. The van der Waals surface area contributed by atoms with Gasteiger partial charge in [0, 0.05) is 11.3 Å². The highest BCUT2D eigenvalue weighted by Gasteiger charge is 2.34. The Morgan fingerprint density at radius 2 is 2.14 bits per heavy atom. The number of hydrogen-bond acceptors (Lipinski definition) is 4. The van der Waals surface area contributed by atoms with Crippen LogP contribution in [0.5, 0.6) is 0 Å². The first-order valence-electron chi connectivity index (χ1n) is 6.42. The van der Waals surface area contributed by atoms with Crippen molar-refractivity contribution < 1.29 is 23.1 Å². The number of hydrogen-bond donors (Lipinski definition) is 2. The van der Waals surface area contributed by atoms with E-state index < -0.39 is 17.8 Å². The van der Waals surface area contributed by atoms with E-state index in [4.69, 9.17) is 5.11 Å². The van der Waals surface area contributed by atoms with Crippen molar-refractivity contribution in [2.75, 3.05) is 11.6 Å². The molecule has 1 aromatic heterocycles. The summed E-state index contributed by atoms with van der Waals surface area (Å²) in [5.74, 6) is -1.50. The van der Waals surface area contributed by atoms with Crippen LogP contribution < -0.4 is 5.32 Å². The first-order valence-corrected chi connectivity index (χ1v) is 7.71. The maximum atomic E-state index is 12.7. The van der Waals surface area contributed by atoms with Crippen molar-refractivity contribution in [3.63, 3.8) is 0 Å². The Labute approximate surface area is 124 Å². The number of nitrogens with zero attached hydrogens (tertiary/aromatic N) is 1. The molecule has 21 heavy (non-hydrogen) atoms. The van der Waals surface area contributed by atoms with Crippen molar-refractivity contribution >= 4 is 23.5 Å². The monoisotopic (exact) mass is 320 g/mol. The van der Waals surface area contributed by atoms with Gasteiger partial charge in [-0.2, -0.15) is 24.9 Å². The lowest BCUT2D eigenvalue weighted by Crippen LogP contribution is -2.21. The van der Waals surface area contributed by atoms with E-state index in [1.165, 1.54) is 0 Å². The second-order valence-electron chi connectivity index (χ2n) is 4.91. The number of anilines is 1. The molecule has 0 aliphatic heterocycles. The molecule has 1 aliphatic carbocycles. The SMILES string of the molecule is CSC1CCC(Nc2nc(C(F)(F)F)ccc2C(=O)O)C1. The van der Waals surface area contributed by atoms with Gasteiger partial charge in [0.25, 0.3) is 0 Å². The number of halogens is 3. The van der Waals surface area contributed by atoms with E-state index in [9.17, 15) is 18.0 Å². The van der Waals surface area contributed by atoms with Gasteiger partial charge >= 0.3 is 12.1 Å². The molecule has 0 bridgehead atoms. The van der Waals surface area contributed by atoms with E-state index in [1.807, 2.05) is 6.26 Å². The van der Waals surface area contributed by atoms with E-state index in [0.717, 1.165) is 25.3 Å². The van der Waals surface area contributed by atoms with Gasteiger partial charge in [-0.15, -0.1) is 0 Å². The Kier molecular flexibility index (Phi) is 4.65. The Morgan fingerprint density at radius 3 is 2.67 bits per heavy atom. The largest absolute Gasteiger partial charge is 0.478 e. The highest BCUT2D eigenvalue weighted by atomic mass is 32.2. The van der Waals surface area contributed by atoms with Crippen LogP contribution in [0.3, 0.4) is 0 Å². The normalized spacial score (nSPS) is 22.3. The van der Waals surface area contributed by atoms with Gasteiger partial charge in [-0.25, -0.2) is 9.78 Å². The van der Waals surface area contributed by atoms with Crippen LogP contribution in [0.2, 0.25) is 0 Å². The van der Waals surface area contributed by atoms with Gasteiger partial charge in [0.1, 0.15) is 17.1 Å². The first-order chi connectivity index (χ1) is 9.81. The van der Waals surface area contributed by atoms with Crippen molar-refractivity contribution in [1.29, 1.82) is 0 Å². The van der Waals surface area contributed by atoms with E-state index in [2.05, 4.69) is 10.3 Å². The van der Waals surface area contributed by atoms with Gasteiger partial charge < -0.3 is 10.4 Å². The van der Waals surface area contributed by atoms with Crippen LogP contribution in [0.4, 0.5) is 19.0 Å². The lowest BCUT2D eigenvalue weighted by atomic mass is 10.2. The summed E-state index contributed by atoms with van der Waals surface area (Å²) in [7, 11) is 0. The van der Waals surface area contributed by atoms with Crippen molar-refractivity contribution in [3.05, 3.63) is 23.4 Å². The topological polar surface area (TPSA) is 62.2 Å². The smallest absolute Gasteiger partial charge is 0.433 e. The molecular weight excluding hydrogens is 305 g/mol. The van der Waals surface area contributed by atoms with Crippen LogP contribution in [0.1, 0.15) is 35.3 Å². The molecule has 4 nitrogen and oxygen atoms in total. The zero-order chi connectivity index (χ0) is 15.6. The first kappa shape index (κ1) is 15.9. The van der Waals surface area contributed by atoms with Crippen LogP contribution >= 0.6 is 11.8 Å². The van der Waals surface area contributed by atoms with Crippen molar-refractivity contribution in [1.82, 2.24) is 4.98 Å². The summed E-state index contributed by atoms with van der Waals surface area (Å²) in [6.07, 6.45) is -0.0654. The van der Waals surface area contributed by atoms with Crippen LogP contribution in [0.25, 0.3) is 0 Å². The fourth-order valence-electron chi connectivity index (χ4n) is 2.38. The predicted molar refractivity (Wildman–Crippen MR) is 74.8 cm³/mol. The van der Waals surface area contributed by atoms with Crippen molar-refractivity contribution in [2.24, 2.45) is 0 Å². The maximum absolute atomic E-state index is 12.7. The number of aromatic nitrogens is 1. The summed E-state index contributed by atoms with van der Waals surface area (Å²) >= 11 is 1.71. The van der Waals surface area contributed by atoms with Crippen LogP contribution in [0.15, 0.2) is 12.1 Å². The summed E-state index contributed by atoms with van der Waals surface area (Å²) in [6.45, 7) is 0. The molecule has 0 saturated heterocycles. The van der Waals surface area contributed by atoms with E-state index >= 15 is 0 Å². The van der Waals surface area contributed by atoms with Gasteiger partial charge in [-0.3, -0.25) is 0 Å². The van der Waals surface area contributed by atoms with Crippen LogP contribution in [0, 0.1) is 0 Å². The number of pyridine rings is 1. The molecule has 1 aliphatic rings. The van der Waals surface area contributed by atoms with E-state index in [1.54, 1.807) is 11.8 Å². The molecule has 1 heterocycles. The Bertz CT molecular complexity index is 537. The molecule has 0 radical (unpaired) electrons. The molecular formula is C13H15F3N2O2S. The quantitative estimate of drug-likeness (QED) is 0.889. The molecule has 0 amide bonds. The van der Waals surface area contributed by atoms with Gasteiger partial charge in [0.2, 0.25) is 0 Å². The lowest BCUT2D eigenvalue weighted by molar-refractivity contribution is -0.141. The summed E-state index contributed by atoms with van der Waals surface area (Å²) in [4.78, 5) is 14.6. The van der Waals surface area contributed by atoms with E-state index in [0.29, 0.717) is 11.3 Å². The second kappa shape index (κ2) is 6.13.